The Morgan fingerprint density at radius 3 is 2.71 bits per heavy atom. The van der Waals surface area contributed by atoms with Gasteiger partial charge in [-0.3, -0.25) is 9.59 Å². The number of carbonyl (C=O) groups is 2. The molecule has 2 aliphatic heterocycles. The molecule has 0 aliphatic carbocycles. The van der Waals surface area contributed by atoms with Crippen LogP contribution in [0.4, 0.5) is 0 Å². The second-order valence-electron chi connectivity index (χ2n) is 9.34. The van der Waals surface area contributed by atoms with Gasteiger partial charge in [-0.2, -0.15) is 0 Å². The molecular formula is C28H33N3O4. The Morgan fingerprint density at radius 2 is 1.89 bits per heavy atom. The molecule has 3 aromatic rings. The minimum Gasteiger partial charge on any atom is -0.497 e. The van der Waals surface area contributed by atoms with Crippen LogP contribution >= 0.6 is 0 Å². The molecule has 1 aromatic heterocycles. The van der Waals surface area contributed by atoms with Gasteiger partial charge in [0.25, 0.3) is 0 Å². The van der Waals surface area contributed by atoms with Crippen LogP contribution in [0.2, 0.25) is 0 Å². The van der Waals surface area contributed by atoms with Crippen LogP contribution < -0.4 is 4.74 Å². The summed E-state index contributed by atoms with van der Waals surface area (Å²) in [4.78, 5) is 34.3. The van der Waals surface area contributed by atoms with Crippen LogP contribution in [0.25, 0.3) is 10.9 Å². The number of piperazine rings is 1. The fraction of sp³-hybridized carbons (Fsp3) is 0.429. The summed E-state index contributed by atoms with van der Waals surface area (Å²) in [5, 5.41) is 1.11. The number of hydrogen-bond donors (Lipinski definition) is 1. The molecule has 2 aromatic carbocycles. The molecule has 2 aliphatic rings. The highest BCUT2D eigenvalue weighted by atomic mass is 16.5. The fourth-order valence-corrected chi connectivity index (χ4v) is 5.38. The quantitative estimate of drug-likeness (QED) is 0.474. The number of hydrogen-bond acceptors (Lipinski definition) is 4. The van der Waals surface area contributed by atoms with Gasteiger partial charge in [-0.15, -0.1) is 0 Å². The highest BCUT2D eigenvalue weighted by molar-refractivity contribution is 5.97. The zero-order valence-corrected chi connectivity index (χ0v) is 20.5. The van der Waals surface area contributed by atoms with E-state index in [1.807, 2.05) is 42.5 Å². The normalized spacial score (nSPS) is 19.7. The van der Waals surface area contributed by atoms with Gasteiger partial charge in [-0.05, 0) is 42.2 Å². The number of nitrogens with zero attached hydrogens (tertiary/aromatic N) is 2. The molecule has 2 amide bonds. The summed E-state index contributed by atoms with van der Waals surface area (Å²) in [6, 6.07) is 15.0. The van der Waals surface area contributed by atoms with Gasteiger partial charge in [-0.1, -0.05) is 43.7 Å². The van der Waals surface area contributed by atoms with Crippen molar-refractivity contribution in [2.45, 2.75) is 44.7 Å². The number of para-hydroxylation sites is 1. The van der Waals surface area contributed by atoms with Gasteiger partial charge < -0.3 is 24.3 Å². The molecule has 7 nitrogen and oxygen atoms in total. The lowest BCUT2D eigenvalue weighted by Gasteiger charge is -2.47. The number of ether oxygens (including phenoxy) is 2. The maximum absolute atomic E-state index is 13.7. The topological polar surface area (TPSA) is 74.9 Å². The number of carbonyl (C=O) groups excluding carboxylic acids is 2. The second-order valence-corrected chi connectivity index (χ2v) is 9.34. The molecule has 184 valence electrons. The van der Waals surface area contributed by atoms with Crippen molar-refractivity contribution in [2.75, 3.05) is 33.4 Å². The van der Waals surface area contributed by atoms with Crippen LogP contribution in [-0.2, 0) is 20.7 Å². The molecule has 5 rings (SSSR count). The molecule has 2 atom stereocenters. The largest absolute Gasteiger partial charge is 0.497 e. The van der Waals surface area contributed by atoms with Crippen LogP contribution in [0.3, 0.4) is 0 Å². The number of aromatic nitrogens is 1. The number of nitrogens with one attached hydrogen (secondary N) is 1. The summed E-state index contributed by atoms with van der Waals surface area (Å²) in [7, 11) is 1.64. The third-order valence-corrected chi connectivity index (χ3v) is 7.11. The van der Waals surface area contributed by atoms with E-state index in [4.69, 9.17) is 9.47 Å². The molecule has 3 heterocycles. The summed E-state index contributed by atoms with van der Waals surface area (Å²) in [5.41, 5.74) is 4.04. The van der Waals surface area contributed by atoms with Crippen molar-refractivity contribution in [3.05, 3.63) is 65.4 Å². The summed E-state index contributed by atoms with van der Waals surface area (Å²) in [6.07, 6.45) is 3.37. The van der Waals surface area contributed by atoms with Crippen LogP contribution in [0.5, 0.6) is 5.75 Å². The van der Waals surface area contributed by atoms with E-state index >= 15 is 0 Å². The van der Waals surface area contributed by atoms with Crippen molar-refractivity contribution in [3.63, 3.8) is 0 Å². The van der Waals surface area contributed by atoms with Gasteiger partial charge in [0.2, 0.25) is 11.8 Å². The number of unbranched alkanes of at least 4 members (excludes halogenated alkanes) is 1. The van der Waals surface area contributed by atoms with E-state index in [9.17, 15) is 9.59 Å². The summed E-state index contributed by atoms with van der Waals surface area (Å²) >= 11 is 0. The van der Waals surface area contributed by atoms with Gasteiger partial charge in [0.05, 0.1) is 19.7 Å². The highest BCUT2D eigenvalue weighted by Gasteiger charge is 2.48. The highest BCUT2D eigenvalue weighted by Crippen LogP contribution is 2.43. The summed E-state index contributed by atoms with van der Waals surface area (Å²) in [6.45, 7) is 4.11. The van der Waals surface area contributed by atoms with E-state index in [-0.39, 0.29) is 24.4 Å². The number of benzene rings is 2. The number of aromatic amines is 1. The molecule has 0 saturated carbocycles. The Hall–Kier alpha value is -3.32. The van der Waals surface area contributed by atoms with Crippen molar-refractivity contribution >= 4 is 22.7 Å². The number of methoxy groups -OCH3 is 1. The van der Waals surface area contributed by atoms with Gasteiger partial charge in [0.15, 0.2) is 0 Å². The first-order valence-electron chi connectivity index (χ1n) is 12.5. The van der Waals surface area contributed by atoms with E-state index in [0.29, 0.717) is 19.6 Å². The lowest BCUT2D eigenvalue weighted by atomic mass is 9.86. The fourth-order valence-electron chi connectivity index (χ4n) is 5.38. The number of amides is 2. The van der Waals surface area contributed by atoms with Crippen molar-refractivity contribution in [1.29, 1.82) is 0 Å². The third-order valence-electron chi connectivity index (χ3n) is 7.11. The molecule has 0 spiro atoms. The van der Waals surface area contributed by atoms with Crippen LogP contribution in [0.1, 0.15) is 49.0 Å². The summed E-state index contributed by atoms with van der Waals surface area (Å²) < 4.78 is 11.1. The third kappa shape index (κ3) is 4.41. The van der Waals surface area contributed by atoms with E-state index in [1.165, 1.54) is 0 Å². The Balaban J connectivity index is 1.47. The monoisotopic (exact) mass is 475 g/mol. The van der Waals surface area contributed by atoms with E-state index in [2.05, 4.69) is 18.0 Å². The Bertz CT molecular complexity index is 1220. The Morgan fingerprint density at radius 1 is 1.06 bits per heavy atom. The van der Waals surface area contributed by atoms with Crippen LogP contribution in [0, 0.1) is 0 Å². The average Bonchev–Trinajstić information content (AvgIpc) is 3.26. The Labute approximate surface area is 206 Å². The smallest absolute Gasteiger partial charge is 0.246 e. The molecule has 1 N–H and O–H groups in total. The molecule has 1 fully saturated rings. The van der Waals surface area contributed by atoms with Gasteiger partial charge in [0, 0.05) is 42.8 Å². The first kappa shape index (κ1) is 23.4. The standard InChI is InChI=1S/C28H33N3O4/c1-3-4-14-35-15-8-13-30-18-25(32)31-24(28(30)33)17-22-21-11-5-6-12-23(21)29-26(22)27(31)19-9-7-10-20(16-19)34-2/h5-7,9-12,16,24,27,29H,3-4,8,13-15,17-18H2,1-2H3/t24-,27?/m0/s1. The second kappa shape index (κ2) is 10.1. The minimum atomic E-state index is -0.528. The molecular weight excluding hydrogens is 442 g/mol. The van der Waals surface area contributed by atoms with Crippen molar-refractivity contribution in [1.82, 2.24) is 14.8 Å². The maximum Gasteiger partial charge on any atom is 0.246 e. The van der Waals surface area contributed by atoms with Crippen molar-refractivity contribution in [3.8, 4) is 5.75 Å². The lowest BCUT2D eigenvalue weighted by molar-refractivity contribution is -0.158. The number of fused-ring (bicyclic) bond motifs is 4. The predicted molar refractivity (Wildman–Crippen MR) is 134 cm³/mol. The Kier molecular flexibility index (Phi) is 6.77. The zero-order chi connectivity index (χ0) is 24.4. The van der Waals surface area contributed by atoms with E-state index in [0.717, 1.165) is 59.3 Å². The minimum absolute atomic E-state index is 0.0157. The van der Waals surface area contributed by atoms with Gasteiger partial charge in [-0.25, -0.2) is 0 Å². The lowest BCUT2D eigenvalue weighted by Crippen LogP contribution is -2.63. The van der Waals surface area contributed by atoms with Crippen LogP contribution in [0.15, 0.2) is 48.5 Å². The first-order valence-corrected chi connectivity index (χ1v) is 12.5. The van der Waals surface area contributed by atoms with Crippen molar-refractivity contribution < 1.29 is 19.1 Å². The molecule has 0 radical (unpaired) electrons. The molecule has 1 saturated heterocycles. The number of H-pyrrole nitrogens is 1. The van der Waals surface area contributed by atoms with Crippen molar-refractivity contribution in [2.24, 2.45) is 0 Å². The van der Waals surface area contributed by atoms with E-state index < -0.39 is 6.04 Å². The first-order chi connectivity index (χ1) is 17.1. The summed E-state index contributed by atoms with van der Waals surface area (Å²) in [5.74, 6) is 0.711. The van der Waals surface area contributed by atoms with Gasteiger partial charge >= 0.3 is 0 Å². The SMILES string of the molecule is CCCCOCCCN1CC(=O)N2C(c3cccc(OC)c3)c3[nH]c4ccccc4c3C[C@H]2C1=O. The maximum atomic E-state index is 13.7. The number of rotatable bonds is 9. The average molecular weight is 476 g/mol. The molecule has 7 heteroatoms. The molecule has 0 bridgehead atoms. The van der Waals surface area contributed by atoms with E-state index in [1.54, 1.807) is 16.9 Å². The molecule has 1 unspecified atom stereocenters. The zero-order valence-electron chi connectivity index (χ0n) is 20.5. The van der Waals surface area contributed by atoms with Crippen LogP contribution in [-0.4, -0.2) is 66.1 Å². The molecule has 35 heavy (non-hydrogen) atoms. The predicted octanol–water partition coefficient (Wildman–Crippen LogP) is 4.07. The van der Waals surface area contributed by atoms with Gasteiger partial charge in [0.1, 0.15) is 11.8 Å².